The van der Waals surface area contributed by atoms with Gasteiger partial charge in [-0.05, 0) is 22.4 Å². The summed E-state index contributed by atoms with van der Waals surface area (Å²) in [6.45, 7) is 3.86. The number of rotatable bonds is 3. The Labute approximate surface area is 85.4 Å². The van der Waals surface area contributed by atoms with Gasteiger partial charge >= 0.3 is 0 Å². The molecule has 0 fully saturated rings. The molecule has 1 aromatic heterocycles. The van der Waals surface area contributed by atoms with Crippen LogP contribution in [0.1, 0.15) is 20.3 Å². The standard InChI is InChI=1S/C8H12BrN3O/c1-3-6(2)8(13)11-12-5-7(9)4-10-12/h4-6H,3H2,1-2H3,(H,11,13). The molecule has 0 aliphatic heterocycles. The van der Waals surface area contributed by atoms with Crippen LogP contribution in [0.15, 0.2) is 16.9 Å². The van der Waals surface area contributed by atoms with Gasteiger partial charge in [-0.15, -0.1) is 0 Å². The van der Waals surface area contributed by atoms with Gasteiger partial charge in [-0.3, -0.25) is 4.79 Å². The molecule has 0 saturated heterocycles. The quantitative estimate of drug-likeness (QED) is 0.883. The van der Waals surface area contributed by atoms with Crippen molar-refractivity contribution in [2.45, 2.75) is 20.3 Å². The Morgan fingerprint density at radius 1 is 1.85 bits per heavy atom. The van der Waals surface area contributed by atoms with Gasteiger partial charge in [0, 0.05) is 5.92 Å². The SMILES string of the molecule is CCC(C)C(=O)Nn1cc(Br)cn1. The second-order valence-electron chi connectivity index (χ2n) is 2.89. The van der Waals surface area contributed by atoms with Crippen molar-refractivity contribution in [2.24, 2.45) is 5.92 Å². The van der Waals surface area contributed by atoms with Gasteiger partial charge in [0.25, 0.3) is 0 Å². The molecule has 0 aromatic carbocycles. The zero-order chi connectivity index (χ0) is 9.84. The van der Waals surface area contributed by atoms with E-state index in [1.807, 2.05) is 13.8 Å². The molecule has 1 amide bonds. The van der Waals surface area contributed by atoms with Crippen LogP contribution >= 0.6 is 15.9 Å². The zero-order valence-electron chi connectivity index (χ0n) is 7.62. The zero-order valence-corrected chi connectivity index (χ0v) is 9.21. The lowest BCUT2D eigenvalue weighted by molar-refractivity contribution is -0.120. The Hall–Kier alpha value is -0.840. The monoisotopic (exact) mass is 245 g/mol. The van der Waals surface area contributed by atoms with Gasteiger partial charge in [0.1, 0.15) is 0 Å². The predicted octanol–water partition coefficient (Wildman–Crippen LogP) is 1.76. The molecule has 0 aliphatic rings. The second kappa shape index (κ2) is 4.41. The van der Waals surface area contributed by atoms with Gasteiger partial charge in [0.15, 0.2) is 0 Å². The van der Waals surface area contributed by atoms with Gasteiger partial charge in [-0.2, -0.15) is 9.89 Å². The Balaban J connectivity index is 2.54. The number of carbonyl (C=O) groups excluding carboxylic acids is 1. The molecule has 4 nitrogen and oxygen atoms in total. The van der Waals surface area contributed by atoms with E-state index in [4.69, 9.17) is 0 Å². The lowest BCUT2D eigenvalue weighted by atomic mass is 10.1. The molecule has 0 radical (unpaired) electrons. The van der Waals surface area contributed by atoms with Crippen LogP contribution in [-0.2, 0) is 4.79 Å². The largest absolute Gasteiger partial charge is 0.273 e. The number of carbonyl (C=O) groups is 1. The smallest absolute Gasteiger partial charge is 0.242 e. The number of hydrogen-bond acceptors (Lipinski definition) is 2. The second-order valence-corrected chi connectivity index (χ2v) is 3.80. The fourth-order valence-corrected chi connectivity index (χ4v) is 1.06. The summed E-state index contributed by atoms with van der Waals surface area (Å²) in [6.07, 6.45) is 4.14. The highest BCUT2D eigenvalue weighted by Crippen LogP contribution is 2.06. The van der Waals surface area contributed by atoms with E-state index in [2.05, 4.69) is 26.5 Å². The van der Waals surface area contributed by atoms with Crippen molar-refractivity contribution in [3.8, 4) is 0 Å². The third-order valence-corrected chi connectivity index (χ3v) is 2.25. The maximum Gasteiger partial charge on any atom is 0.242 e. The maximum atomic E-state index is 11.4. The van der Waals surface area contributed by atoms with E-state index in [-0.39, 0.29) is 11.8 Å². The topological polar surface area (TPSA) is 46.9 Å². The van der Waals surface area contributed by atoms with E-state index >= 15 is 0 Å². The van der Waals surface area contributed by atoms with Crippen molar-refractivity contribution in [1.82, 2.24) is 9.89 Å². The normalized spacial score (nSPS) is 12.5. The number of amides is 1. The molecule has 1 heterocycles. The first-order valence-electron chi connectivity index (χ1n) is 4.14. The van der Waals surface area contributed by atoms with Crippen LogP contribution in [0.25, 0.3) is 0 Å². The third-order valence-electron chi connectivity index (χ3n) is 1.84. The molecular formula is C8H12BrN3O. The van der Waals surface area contributed by atoms with Crippen LogP contribution < -0.4 is 5.43 Å². The molecule has 0 bridgehead atoms. The van der Waals surface area contributed by atoms with E-state index in [9.17, 15) is 4.79 Å². The van der Waals surface area contributed by atoms with Crippen molar-refractivity contribution in [3.05, 3.63) is 16.9 Å². The van der Waals surface area contributed by atoms with Crippen LogP contribution in [0.3, 0.4) is 0 Å². The van der Waals surface area contributed by atoms with Crippen molar-refractivity contribution in [3.63, 3.8) is 0 Å². The van der Waals surface area contributed by atoms with E-state index in [1.165, 1.54) is 4.79 Å². The summed E-state index contributed by atoms with van der Waals surface area (Å²) in [5.74, 6) is 0.000996. The summed E-state index contributed by atoms with van der Waals surface area (Å²) in [5.41, 5.74) is 2.65. The lowest BCUT2D eigenvalue weighted by Crippen LogP contribution is -2.28. The summed E-state index contributed by atoms with van der Waals surface area (Å²) in [5, 5.41) is 3.91. The van der Waals surface area contributed by atoms with E-state index < -0.39 is 0 Å². The summed E-state index contributed by atoms with van der Waals surface area (Å²) in [7, 11) is 0. The maximum absolute atomic E-state index is 11.4. The molecule has 1 rings (SSSR count). The molecule has 5 heteroatoms. The van der Waals surface area contributed by atoms with E-state index in [0.29, 0.717) is 0 Å². The number of aromatic nitrogens is 2. The molecule has 1 N–H and O–H groups in total. The Morgan fingerprint density at radius 3 is 3.00 bits per heavy atom. The predicted molar refractivity (Wildman–Crippen MR) is 53.7 cm³/mol. The molecule has 1 aromatic rings. The number of halogens is 1. The fraction of sp³-hybridized carbons (Fsp3) is 0.500. The molecule has 0 spiro atoms. The minimum atomic E-state index is -0.0156. The molecule has 1 unspecified atom stereocenters. The minimum Gasteiger partial charge on any atom is -0.273 e. The Morgan fingerprint density at radius 2 is 2.54 bits per heavy atom. The van der Waals surface area contributed by atoms with E-state index in [1.54, 1.807) is 12.4 Å². The summed E-state index contributed by atoms with van der Waals surface area (Å²) in [6, 6.07) is 0. The first-order chi connectivity index (χ1) is 6.13. The average Bonchev–Trinajstić information content (AvgIpc) is 2.49. The van der Waals surface area contributed by atoms with Crippen LogP contribution in [0.5, 0.6) is 0 Å². The van der Waals surface area contributed by atoms with Crippen molar-refractivity contribution >= 4 is 21.8 Å². The first-order valence-corrected chi connectivity index (χ1v) is 4.93. The number of hydrogen-bond donors (Lipinski definition) is 1. The highest BCUT2D eigenvalue weighted by Gasteiger charge is 2.10. The summed E-state index contributed by atoms with van der Waals surface area (Å²) < 4.78 is 0.844. The van der Waals surface area contributed by atoms with Crippen LogP contribution in [0.2, 0.25) is 0 Å². The molecule has 13 heavy (non-hydrogen) atoms. The molecule has 72 valence electrons. The summed E-state index contributed by atoms with van der Waals surface area (Å²) >= 11 is 3.24. The summed E-state index contributed by atoms with van der Waals surface area (Å²) in [4.78, 5) is 12.8. The number of nitrogens with zero attached hydrogens (tertiary/aromatic N) is 2. The third kappa shape index (κ3) is 2.84. The molecule has 1 atom stereocenters. The van der Waals surface area contributed by atoms with Gasteiger partial charge in [0.05, 0.1) is 16.9 Å². The van der Waals surface area contributed by atoms with Crippen LogP contribution in [0.4, 0.5) is 0 Å². The van der Waals surface area contributed by atoms with Crippen molar-refractivity contribution in [2.75, 3.05) is 5.43 Å². The number of nitrogens with one attached hydrogen (secondary N) is 1. The van der Waals surface area contributed by atoms with Gasteiger partial charge in [-0.1, -0.05) is 13.8 Å². The highest BCUT2D eigenvalue weighted by atomic mass is 79.9. The van der Waals surface area contributed by atoms with E-state index in [0.717, 1.165) is 10.9 Å². The minimum absolute atomic E-state index is 0.0156. The van der Waals surface area contributed by atoms with Gasteiger partial charge in [-0.25, -0.2) is 5.43 Å². The molecule has 0 saturated carbocycles. The average molecular weight is 246 g/mol. The highest BCUT2D eigenvalue weighted by molar-refractivity contribution is 9.10. The van der Waals surface area contributed by atoms with Gasteiger partial charge < -0.3 is 0 Å². The van der Waals surface area contributed by atoms with Crippen LogP contribution in [0, 0.1) is 5.92 Å². The molecular weight excluding hydrogens is 234 g/mol. The van der Waals surface area contributed by atoms with Gasteiger partial charge in [0.2, 0.25) is 5.91 Å². The Kier molecular flexibility index (Phi) is 3.48. The van der Waals surface area contributed by atoms with Crippen molar-refractivity contribution in [1.29, 1.82) is 0 Å². The lowest BCUT2D eigenvalue weighted by Gasteiger charge is -2.08. The van der Waals surface area contributed by atoms with Crippen LogP contribution in [-0.4, -0.2) is 15.8 Å². The molecule has 0 aliphatic carbocycles. The Bertz CT molecular complexity index is 297. The first kappa shape index (κ1) is 10.2. The fourth-order valence-electron chi connectivity index (χ4n) is 0.770. The van der Waals surface area contributed by atoms with Crippen molar-refractivity contribution < 1.29 is 4.79 Å².